The first-order chi connectivity index (χ1) is 34.7. The molecule has 2 aromatic heterocycles. The van der Waals surface area contributed by atoms with Crippen LogP contribution in [0, 0.1) is 0 Å². The van der Waals surface area contributed by atoms with E-state index in [2.05, 4.69) is 192 Å². The molecular weight excluding hydrogens is 861 g/mol. The van der Waals surface area contributed by atoms with Crippen molar-refractivity contribution in [3.63, 3.8) is 0 Å². The summed E-state index contributed by atoms with van der Waals surface area (Å²) < 4.78 is 27.8. The predicted molar refractivity (Wildman–Crippen MR) is 285 cm³/mol. The summed E-state index contributed by atoms with van der Waals surface area (Å²) in [6.45, 7) is 0. The first-order valence-corrected chi connectivity index (χ1v) is 23.5. The summed E-state index contributed by atoms with van der Waals surface area (Å²) >= 11 is 0. The lowest BCUT2D eigenvalue weighted by molar-refractivity contribution is 0.362. The van der Waals surface area contributed by atoms with Gasteiger partial charge in [-0.2, -0.15) is 0 Å². The molecule has 1 aliphatic rings. The normalized spacial score (nSPS) is 11.9. The van der Waals surface area contributed by atoms with Crippen LogP contribution in [0.3, 0.4) is 0 Å². The quantitative estimate of drug-likeness (QED) is 0.142. The van der Waals surface area contributed by atoms with Gasteiger partial charge in [-0.05, 0) is 95.1 Å². The van der Waals surface area contributed by atoms with Crippen LogP contribution >= 0.6 is 0 Å². The summed E-state index contributed by atoms with van der Waals surface area (Å²) in [5, 5.41) is 6.12. The molecule has 3 heterocycles. The Hall–Kier alpha value is -9.52. The van der Waals surface area contributed by atoms with Crippen molar-refractivity contribution >= 4 is 88.8 Å². The lowest BCUT2D eigenvalue weighted by Crippen LogP contribution is -2.17. The van der Waals surface area contributed by atoms with Gasteiger partial charge in [0.25, 0.3) is 0 Å². The van der Waals surface area contributed by atoms with E-state index >= 15 is 0 Å². The number of ether oxygens (including phenoxy) is 2. The highest BCUT2D eigenvalue weighted by Gasteiger charge is 2.35. The molecule has 0 fully saturated rings. The molecule has 0 aliphatic carbocycles. The van der Waals surface area contributed by atoms with E-state index in [-0.39, 0.29) is 0 Å². The molecule has 0 saturated carbocycles. The van der Waals surface area contributed by atoms with Crippen molar-refractivity contribution in [1.82, 2.24) is 0 Å². The highest BCUT2D eigenvalue weighted by Crippen LogP contribution is 2.62. The topological polar surface area (TPSA) is 51.2 Å². The molecule has 0 bridgehead atoms. The van der Waals surface area contributed by atoms with E-state index in [0.29, 0.717) is 23.0 Å². The average Bonchev–Trinajstić information content (AvgIpc) is 3.99. The van der Waals surface area contributed by atoms with Gasteiger partial charge >= 0.3 is 0 Å². The van der Waals surface area contributed by atoms with Crippen LogP contribution in [-0.2, 0) is 0 Å². The van der Waals surface area contributed by atoms with Gasteiger partial charge in [-0.15, -0.1) is 0 Å². The summed E-state index contributed by atoms with van der Waals surface area (Å²) in [6, 6.07) is 84.2. The van der Waals surface area contributed by atoms with Crippen LogP contribution in [0.5, 0.6) is 23.0 Å². The van der Waals surface area contributed by atoms with Crippen LogP contribution in [-0.4, -0.2) is 0 Å². The van der Waals surface area contributed by atoms with Crippen molar-refractivity contribution in [2.24, 2.45) is 0 Å². The van der Waals surface area contributed by atoms with Crippen LogP contribution in [0.2, 0.25) is 0 Å². The minimum atomic E-state index is 0.566. The first-order valence-electron chi connectivity index (χ1n) is 23.5. The predicted octanol–water partition coefficient (Wildman–Crippen LogP) is 18.8. The van der Waals surface area contributed by atoms with Gasteiger partial charge in [0, 0.05) is 55.8 Å². The van der Waals surface area contributed by atoms with E-state index in [1.807, 2.05) is 60.7 Å². The zero-order valence-corrected chi connectivity index (χ0v) is 37.6. The zero-order valence-electron chi connectivity index (χ0n) is 37.6. The van der Waals surface area contributed by atoms with Crippen molar-refractivity contribution in [1.29, 1.82) is 0 Å². The van der Waals surface area contributed by atoms with Crippen LogP contribution in [0.15, 0.2) is 251 Å². The molecule has 70 heavy (non-hydrogen) atoms. The van der Waals surface area contributed by atoms with Gasteiger partial charge in [0.2, 0.25) is 0 Å². The van der Waals surface area contributed by atoms with Crippen molar-refractivity contribution in [2.75, 3.05) is 9.80 Å². The van der Waals surface area contributed by atoms with Gasteiger partial charge in [0.05, 0.1) is 11.4 Å². The number of para-hydroxylation sites is 4. The number of anilines is 6. The summed E-state index contributed by atoms with van der Waals surface area (Å²) in [5.41, 5.74) is 12.9. The summed E-state index contributed by atoms with van der Waals surface area (Å²) in [5.74, 6) is 2.36. The molecular formula is C64H40N2O4. The van der Waals surface area contributed by atoms with Gasteiger partial charge in [-0.1, -0.05) is 158 Å². The summed E-state index contributed by atoms with van der Waals surface area (Å²) in [7, 11) is 0. The van der Waals surface area contributed by atoms with Gasteiger partial charge in [-0.25, -0.2) is 0 Å². The largest absolute Gasteiger partial charge is 0.456 e. The molecule has 0 amide bonds. The standard InChI is InChI=1S/C64H40N2O4/c1-3-17-41(18-4-1)43-21-15-23-45(37-43)65(47-33-35-51-49-25-9-11-29-55(49)67-59(51)39-47)61-53-27-7-8-28-54(53)62(64-63(61)69-57-31-13-14-32-58(57)70-64)66(46-24-16-22-44(38-46)42-19-5-2-6-20-42)48-34-36-52-50-26-10-12-30-56(50)68-60(52)40-48/h1-40H. The second-order valence-corrected chi connectivity index (χ2v) is 17.6. The number of nitrogens with zero attached hydrogens (tertiary/aromatic N) is 2. The molecule has 0 atom stereocenters. The fourth-order valence-electron chi connectivity index (χ4n) is 10.3. The monoisotopic (exact) mass is 900 g/mol. The third-order valence-electron chi connectivity index (χ3n) is 13.5. The highest BCUT2D eigenvalue weighted by atomic mass is 16.6. The third-order valence-corrected chi connectivity index (χ3v) is 13.5. The van der Waals surface area contributed by atoms with Crippen LogP contribution in [0.1, 0.15) is 0 Å². The minimum Gasteiger partial charge on any atom is -0.456 e. The first kappa shape index (κ1) is 39.6. The number of hydrogen-bond donors (Lipinski definition) is 0. The molecule has 0 spiro atoms. The molecule has 14 rings (SSSR count). The lowest BCUT2D eigenvalue weighted by Gasteiger charge is -2.36. The summed E-state index contributed by atoms with van der Waals surface area (Å²) in [6.07, 6.45) is 0. The zero-order chi connectivity index (χ0) is 46.1. The van der Waals surface area contributed by atoms with Crippen molar-refractivity contribution < 1.29 is 18.3 Å². The number of rotatable bonds is 8. The Morgan fingerprint density at radius 1 is 0.243 bits per heavy atom. The maximum atomic E-state index is 7.32. The molecule has 6 heteroatoms. The molecule has 6 nitrogen and oxygen atoms in total. The molecule has 0 saturated heterocycles. The van der Waals surface area contributed by atoms with Gasteiger partial charge in [-0.3, -0.25) is 0 Å². The Morgan fingerprint density at radius 3 is 1.06 bits per heavy atom. The summed E-state index contributed by atoms with van der Waals surface area (Å²) in [4.78, 5) is 4.59. The van der Waals surface area contributed by atoms with E-state index in [1.165, 1.54) is 0 Å². The Bertz CT molecular complexity index is 3890. The van der Waals surface area contributed by atoms with Crippen LogP contribution in [0.25, 0.3) is 76.9 Å². The van der Waals surface area contributed by atoms with Crippen LogP contribution in [0.4, 0.5) is 34.1 Å². The second kappa shape index (κ2) is 16.1. The minimum absolute atomic E-state index is 0.566. The number of benzene rings is 11. The highest BCUT2D eigenvalue weighted by molar-refractivity contribution is 6.15. The Labute approximate surface area is 403 Å². The SMILES string of the molecule is c1ccc(-c2cccc(N(c3ccc4c(c3)oc3ccccc34)c3c4c(c(N(c5cccc(-c6ccccc6)c5)c5ccc6c(c5)oc5ccccc56)c5ccccc35)Oc3ccccc3O4)c2)cc1. The number of fused-ring (bicyclic) bond motifs is 9. The van der Waals surface area contributed by atoms with Crippen LogP contribution < -0.4 is 19.3 Å². The van der Waals surface area contributed by atoms with Gasteiger partial charge < -0.3 is 28.1 Å². The van der Waals surface area contributed by atoms with E-state index in [9.17, 15) is 0 Å². The Morgan fingerprint density at radius 2 is 0.600 bits per heavy atom. The maximum absolute atomic E-state index is 7.32. The molecule has 13 aromatic rings. The molecule has 0 N–H and O–H groups in total. The smallest absolute Gasteiger partial charge is 0.196 e. The number of furan rings is 2. The van der Waals surface area contributed by atoms with E-state index in [0.717, 1.165) is 111 Å². The van der Waals surface area contributed by atoms with Gasteiger partial charge in [0.1, 0.15) is 33.7 Å². The van der Waals surface area contributed by atoms with E-state index < -0.39 is 0 Å². The van der Waals surface area contributed by atoms with E-state index in [1.54, 1.807) is 0 Å². The second-order valence-electron chi connectivity index (χ2n) is 17.6. The molecule has 330 valence electrons. The van der Waals surface area contributed by atoms with Crippen molar-refractivity contribution in [3.8, 4) is 45.3 Å². The molecule has 0 radical (unpaired) electrons. The van der Waals surface area contributed by atoms with Crippen molar-refractivity contribution in [2.45, 2.75) is 0 Å². The average molecular weight is 901 g/mol. The van der Waals surface area contributed by atoms with E-state index in [4.69, 9.17) is 18.3 Å². The Kier molecular flexibility index (Phi) is 9.10. The number of hydrogen-bond acceptors (Lipinski definition) is 6. The Balaban J connectivity index is 1.08. The fourth-order valence-corrected chi connectivity index (χ4v) is 10.3. The lowest BCUT2D eigenvalue weighted by atomic mass is 9.98. The van der Waals surface area contributed by atoms with Gasteiger partial charge in [0.15, 0.2) is 23.0 Å². The maximum Gasteiger partial charge on any atom is 0.196 e. The molecule has 1 aliphatic heterocycles. The molecule has 0 unspecified atom stereocenters. The third kappa shape index (κ3) is 6.49. The fraction of sp³-hybridized carbons (Fsp3) is 0. The molecule has 11 aromatic carbocycles. The van der Waals surface area contributed by atoms with Crippen molar-refractivity contribution in [3.05, 3.63) is 243 Å².